The zero-order chi connectivity index (χ0) is 21.1. The highest BCUT2D eigenvalue weighted by Crippen LogP contribution is 2.24. The molecule has 1 aromatic heterocycles. The van der Waals surface area contributed by atoms with Gasteiger partial charge in [0, 0.05) is 18.2 Å². The molecule has 0 fully saturated rings. The number of aromatic nitrogens is 2. The molecule has 0 saturated heterocycles. The van der Waals surface area contributed by atoms with Gasteiger partial charge in [0.05, 0.1) is 5.69 Å². The summed E-state index contributed by atoms with van der Waals surface area (Å²) >= 11 is 3.23. The monoisotopic (exact) mass is 464 g/mol. The minimum atomic E-state index is -0.734. The Balaban J connectivity index is 1.97. The number of aliphatic hydroxyl groups excluding tert-OH is 1. The van der Waals surface area contributed by atoms with Gasteiger partial charge in [0.1, 0.15) is 28.5 Å². The average molecular weight is 465 g/mol. The molecular weight excluding hydrogens is 446 g/mol. The second-order valence-electron chi connectivity index (χ2n) is 6.54. The molecule has 0 radical (unpaired) electrons. The lowest BCUT2D eigenvalue weighted by Crippen LogP contribution is -2.24. The van der Waals surface area contributed by atoms with Gasteiger partial charge in [0.15, 0.2) is 0 Å². The van der Waals surface area contributed by atoms with E-state index in [1.54, 1.807) is 6.92 Å². The van der Waals surface area contributed by atoms with Crippen LogP contribution in [0.1, 0.15) is 22.5 Å². The molecule has 0 aliphatic rings. The first-order valence-electron chi connectivity index (χ1n) is 8.88. The molecule has 5 nitrogen and oxygen atoms in total. The van der Waals surface area contributed by atoms with Crippen molar-refractivity contribution >= 4 is 15.9 Å². The second-order valence-corrected chi connectivity index (χ2v) is 7.33. The first-order valence-corrected chi connectivity index (χ1v) is 9.67. The van der Waals surface area contributed by atoms with Crippen molar-refractivity contribution in [1.82, 2.24) is 9.55 Å². The van der Waals surface area contributed by atoms with Gasteiger partial charge in [-0.15, -0.1) is 0 Å². The van der Waals surface area contributed by atoms with Gasteiger partial charge in [-0.2, -0.15) is 4.98 Å². The third kappa shape index (κ3) is 4.54. The predicted octanol–water partition coefficient (Wildman–Crippen LogP) is 4.00. The number of hydrogen-bond donors (Lipinski definition) is 1. The van der Waals surface area contributed by atoms with Gasteiger partial charge in [-0.1, -0.05) is 12.1 Å². The van der Waals surface area contributed by atoms with E-state index in [2.05, 4.69) is 20.9 Å². The lowest BCUT2D eigenvalue weighted by molar-refractivity contribution is 0.283. The standard InChI is InChI=1S/C21H19BrF2N2O3/c1-12-3-4-14(7-8-27)9-18(12)26-13(2)25-20(19(22)21(26)28)29-11-15-5-6-16(23)10-17(15)24/h3-6,9-10,27H,7-8,11H2,1-2H3. The molecule has 0 aliphatic heterocycles. The average Bonchev–Trinajstić information content (AvgIpc) is 2.67. The van der Waals surface area contributed by atoms with Gasteiger partial charge >= 0.3 is 0 Å². The van der Waals surface area contributed by atoms with E-state index < -0.39 is 11.6 Å². The highest BCUT2D eigenvalue weighted by molar-refractivity contribution is 9.10. The van der Waals surface area contributed by atoms with Gasteiger partial charge in [0.25, 0.3) is 5.56 Å². The minimum Gasteiger partial charge on any atom is -0.472 e. The Morgan fingerprint density at radius 3 is 2.62 bits per heavy atom. The van der Waals surface area contributed by atoms with Gasteiger partial charge < -0.3 is 9.84 Å². The fourth-order valence-electron chi connectivity index (χ4n) is 2.93. The van der Waals surface area contributed by atoms with Crippen LogP contribution in [0.25, 0.3) is 5.69 Å². The molecule has 0 aliphatic carbocycles. The SMILES string of the molecule is Cc1ccc(CCO)cc1-n1c(C)nc(OCc2ccc(F)cc2F)c(Br)c1=O. The van der Waals surface area contributed by atoms with Gasteiger partial charge in [0.2, 0.25) is 5.88 Å². The van der Waals surface area contributed by atoms with Crippen molar-refractivity contribution in [2.24, 2.45) is 0 Å². The molecule has 0 amide bonds. The number of ether oxygens (including phenoxy) is 1. The van der Waals surface area contributed by atoms with Crippen LogP contribution >= 0.6 is 15.9 Å². The van der Waals surface area contributed by atoms with Crippen LogP contribution in [0, 0.1) is 25.5 Å². The number of hydrogen-bond acceptors (Lipinski definition) is 4. The smallest absolute Gasteiger partial charge is 0.276 e. The molecule has 0 saturated carbocycles. The van der Waals surface area contributed by atoms with E-state index in [-0.39, 0.29) is 34.7 Å². The van der Waals surface area contributed by atoms with Crippen molar-refractivity contribution in [3.63, 3.8) is 0 Å². The van der Waals surface area contributed by atoms with Crippen molar-refractivity contribution in [2.45, 2.75) is 26.9 Å². The van der Waals surface area contributed by atoms with E-state index in [9.17, 15) is 18.7 Å². The number of benzene rings is 2. The van der Waals surface area contributed by atoms with Crippen LogP contribution < -0.4 is 10.3 Å². The summed E-state index contributed by atoms with van der Waals surface area (Å²) in [4.78, 5) is 17.3. The quantitative estimate of drug-likeness (QED) is 0.598. The Kier molecular flexibility index (Phi) is 6.44. The van der Waals surface area contributed by atoms with Gasteiger partial charge in [-0.05, 0) is 65.5 Å². The van der Waals surface area contributed by atoms with Crippen LogP contribution in [0.2, 0.25) is 0 Å². The van der Waals surface area contributed by atoms with Crippen LogP contribution in [0.3, 0.4) is 0 Å². The van der Waals surface area contributed by atoms with Crippen molar-refractivity contribution in [3.8, 4) is 11.6 Å². The number of aliphatic hydroxyl groups is 1. The molecule has 3 rings (SSSR count). The highest BCUT2D eigenvalue weighted by Gasteiger charge is 2.17. The van der Waals surface area contributed by atoms with Crippen LogP contribution in [0.5, 0.6) is 5.88 Å². The number of halogens is 3. The minimum absolute atomic E-state index is 0.00501. The van der Waals surface area contributed by atoms with E-state index in [0.717, 1.165) is 23.3 Å². The third-order valence-corrected chi connectivity index (χ3v) is 5.14. The van der Waals surface area contributed by atoms with E-state index in [1.165, 1.54) is 10.6 Å². The highest BCUT2D eigenvalue weighted by atomic mass is 79.9. The Morgan fingerprint density at radius 2 is 1.93 bits per heavy atom. The summed E-state index contributed by atoms with van der Waals surface area (Å²) in [6.07, 6.45) is 0.472. The largest absolute Gasteiger partial charge is 0.472 e. The second kappa shape index (κ2) is 8.84. The summed E-state index contributed by atoms with van der Waals surface area (Å²) in [6, 6.07) is 8.79. The molecule has 2 aromatic carbocycles. The Labute approximate surface area is 174 Å². The van der Waals surface area contributed by atoms with E-state index in [1.807, 2.05) is 25.1 Å². The maximum atomic E-state index is 13.8. The van der Waals surface area contributed by atoms with Crippen molar-refractivity contribution in [1.29, 1.82) is 0 Å². The summed E-state index contributed by atoms with van der Waals surface area (Å²) in [5.41, 5.74) is 2.18. The number of rotatable bonds is 6. The third-order valence-electron chi connectivity index (χ3n) is 4.46. The zero-order valence-corrected chi connectivity index (χ0v) is 17.5. The fraction of sp³-hybridized carbons (Fsp3) is 0.238. The molecule has 152 valence electrons. The number of aryl methyl sites for hydroxylation is 2. The van der Waals surface area contributed by atoms with Crippen LogP contribution in [-0.4, -0.2) is 21.3 Å². The first kappa shape index (κ1) is 21.1. The lowest BCUT2D eigenvalue weighted by Gasteiger charge is -2.16. The van der Waals surface area contributed by atoms with Crippen LogP contribution in [0.15, 0.2) is 45.7 Å². The summed E-state index contributed by atoms with van der Waals surface area (Å²) in [7, 11) is 0. The normalized spacial score (nSPS) is 11.0. The van der Waals surface area contributed by atoms with Gasteiger partial charge in [-0.25, -0.2) is 8.78 Å². The molecule has 0 spiro atoms. The molecule has 3 aromatic rings. The Bertz CT molecular complexity index is 1120. The first-order chi connectivity index (χ1) is 13.8. The summed E-state index contributed by atoms with van der Waals surface area (Å²) < 4.78 is 33.9. The van der Waals surface area contributed by atoms with Crippen molar-refractivity contribution in [2.75, 3.05) is 6.61 Å². The summed E-state index contributed by atoms with van der Waals surface area (Å²) in [5, 5.41) is 9.18. The summed E-state index contributed by atoms with van der Waals surface area (Å²) in [5.74, 6) is -1.00. The topological polar surface area (TPSA) is 64.3 Å². The van der Waals surface area contributed by atoms with Crippen molar-refractivity contribution in [3.05, 3.63) is 85.4 Å². The van der Waals surface area contributed by atoms with Gasteiger partial charge in [-0.3, -0.25) is 9.36 Å². The van der Waals surface area contributed by atoms with Crippen LogP contribution in [0.4, 0.5) is 8.78 Å². The Morgan fingerprint density at radius 1 is 1.17 bits per heavy atom. The maximum absolute atomic E-state index is 13.8. The predicted molar refractivity (Wildman–Crippen MR) is 108 cm³/mol. The lowest BCUT2D eigenvalue weighted by atomic mass is 10.1. The van der Waals surface area contributed by atoms with E-state index >= 15 is 0 Å². The molecule has 29 heavy (non-hydrogen) atoms. The molecule has 1 heterocycles. The fourth-order valence-corrected chi connectivity index (χ4v) is 3.31. The van der Waals surface area contributed by atoms with Crippen LogP contribution in [-0.2, 0) is 13.0 Å². The molecule has 8 heteroatoms. The molecule has 0 bridgehead atoms. The molecule has 0 unspecified atom stereocenters. The van der Waals surface area contributed by atoms with E-state index in [0.29, 0.717) is 17.9 Å². The maximum Gasteiger partial charge on any atom is 0.276 e. The number of nitrogens with zero attached hydrogens (tertiary/aromatic N) is 2. The molecule has 1 N–H and O–H groups in total. The Hall–Kier alpha value is -2.58. The van der Waals surface area contributed by atoms with Crippen molar-refractivity contribution < 1.29 is 18.6 Å². The zero-order valence-electron chi connectivity index (χ0n) is 15.9. The molecular formula is C21H19BrF2N2O3. The summed E-state index contributed by atoms with van der Waals surface area (Å²) in [6.45, 7) is 3.34. The molecule has 0 atom stereocenters. The van der Waals surface area contributed by atoms with E-state index in [4.69, 9.17) is 4.74 Å².